The lowest BCUT2D eigenvalue weighted by Crippen LogP contribution is -1.95. The Hall–Kier alpha value is -5.14. The van der Waals surface area contributed by atoms with Gasteiger partial charge in [0.05, 0.1) is 11.0 Å². The first-order valence-electron chi connectivity index (χ1n) is 14.3. The average Bonchev–Trinajstić information content (AvgIpc) is 3.36. The molecule has 1 aromatic heterocycles. The molecule has 0 saturated heterocycles. The van der Waals surface area contributed by atoms with Gasteiger partial charge in [-0.2, -0.15) is 0 Å². The Morgan fingerprint density at radius 1 is 0.415 bits per heavy atom. The van der Waals surface area contributed by atoms with Gasteiger partial charge in [0.25, 0.3) is 0 Å². The molecule has 194 valence electrons. The van der Waals surface area contributed by atoms with Gasteiger partial charge in [0.1, 0.15) is 0 Å². The van der Waals surface area contributed by atoms with Crippen LogP contribution in [0.15, 0.2) is 140 Å². The lowest BCUT2D eigenvalue weighted by atomic mass is 9.84. The molecule has 0 atom stereocenters. The van der Waals surface area contributed by atoms with Crippen molar-refractivity contribution in [1.29, 1.82) is 0 Å². The molecule has 7 aromatic carbocycles. The fourth-order valence-electron chi connectivity index (χ4n) is 6.71. The number of nitrogens with zero attached hydrogens (tertiary/aromatic N) is 1. The maximum atomic E-state index is 2.38. The Morgan fingerprint density at radius 2 is 0.878 bits per heavy atom. The summed E-state index contributed by atoms with van der Waals surface area (Å²) in [4.78, 5) is 0. The topological polar surface area (TPSA) is 4.93 Å². The third-order valence-electron chi connectivity index (χ3n) is 8.59. The largest absolute Gasteiger partial charge is 0.309 e. The number of benzene rings is 7. The highest BCUT2D eigenvalue weighted by molar-refractivity contribution is 6.21. The molecular weight excluding hydrogens is 494 g/mol. The van der Waals surface area contributed by atoms with E-state index < -0.39 is 0 Å². The summed E-state index contributed by atoms with van der Waals surface area (Å²) in [5.74, 6) is 0. The van der Waals surface area contributed by atoms with Crippen molar-refractivity contribution in [3.63, 3.8) is 0 Å². The van der Waals surface area contributed by atoms with Gasteiger partial charge >= 0.3 is 0 Å². The molecule has 1 heterocycles. The zero-order valence-electron chi connectivity index (χ0n) is 23.2. The number of aryl methyl sites for hydroxylation is 2. The number of aromatic nitrogens is 1. The summed E-state index contributed by atoms with van der Waals surface area (Å²) < 4.78 is 2.38. The average molecular weight is 524 g/mol. The first-order chi connectivity index (χ1) is 20.2. The van der Waals surface area contributed by atoms with Gasteiger partial charge in [0.15, 0.2) is 0 Å². The van der Waals surface area contributed by atoms with Gasteiger partial charge in [-0.25, -0.2) is 0 Å². The fourth-order valence-corrected chi connectivity index (χ4v) is 6.71. The summed E-state index contributed by atoms with van der Waals surface area (Å²) in [7, 11) is 0. The second kappa shape index (κ2) is 9.21. The highest BCUT2D eigenvalue weighted by Gasteiger charge is 2.18. The van der Waals surface area contributed by atoms with E-state index in [1.165, 1.54) is 82.4 Å². The predicted octanol–water partition coefficient (Wildman–Crippen LogP) is 11.0. The van der Waals surface area contributed by atoms with Gasteiger partial charge in [0.2, 0.25) is 0 Å². The zero-order chi connectivity index (χ0) is 27.5. The number of hydrogen-bond acceptors (Lipinski definition) is 0. The van der Waals surface area contributed by atoms with Crippen LogP contribution in [-0.2, 0) is 0 Å². The van der Waals surface area contributed by atoms with E-state index in [4.69, 9.17) is 0 Å². The summed E-state index contributed by atoms with van der Waals surface area (Å²) in [6, 6.07) is 51.1. The summed E-state index contributed by atoms with van der Waals surface area (Å²) in [6.07, 6.45) is 0. The van der Waals surface area contributed by atoms with E-state index in [1.807, 2.05) is 0 Å². The monoisotopic (exact) mass is 523 g/mol. The number of fused-ring (bicyclic) bond motifs is 5. The van der Waals surface area contributed by atoms with E-state index in [2.05, 4.69) is 158 Å². The Bertz CT molecular complexity index is 2150. The van der Waals surface area contributed by atoms with Crippen LogP contribution in [0, 0.1) is 13.8 Å². The summed E-state index contributed by atoms with van der Waals surface area (Å²) >= 11 is 0. The Balaban J connectivity index is 1.38. The van der Waals surface area contributed by atoms with Crippen LogP contribution in [0.3, 0.4) is 0 Å². The van der Waals surface area contributed by atoms with Crippen LogP contribution in [0.5, 0.6) is 0 Å². The van der Waals surface area contributed by atoms with Crippen molar-refractivity contribution in [1.82, 2.24) is 4.57 Å². The Labute approximate surface area is 239 Å². The van der Waals surface area contributed by atoms with Gasteiger partial charge in [-0.3, -0.25) is 0 Å². The highest BCUT2D eigenvalue weighted by atomic mass is 15.0. The summed E-state index contributed by atoms with van der Waals surface area (Å²) in [6.45, 7) is 4.40. The lowest BCUT2D eigenvalue weighted by Gasteiger charge is -2.19. The van der Waals surface area contributed by atoms with Crippen LogP contribution in [-0.4, -0.2) is 4.57 Å². The normalized spacial score (nSPS) is 11.7. The van der Waals surface area contributed by atoms with E-state index in [9.17, 15) is 0 Å². The van der Waals surface area contributed by atoms with Crippen molar-refractivity contribution in [2.45, 2.75) is 13.8 Å². The minimum absolute atomic E-state index is 1.17. The molecule has 0 radical (unpaired) electrons. The van der Waals surface area contributed by atoms with Crippen LogP contribution in [0.4, 0.5) is 0 Å². The predicted molar refractivity (Wildman–Crippen MR) is 176 cm³/mol. The molecule has 0 unspecified atom stereocenters. The van der Waals surface area contributed by atoms with Crippen molar-refractivity contribution in [2.75, 3.05) is 0 Å². The Kier molecular flexibility index (Phi) is 5.33. The SMILES string of the molecule is Cc1ccc(C)c(-c2c3ccccc3c(-c3ccc(-n4c5ccccc5c5ccccc54)cc3)c3ccccc23)c1. The van der Waals surface area contributed by atoms with Crippen LogP contribution < -0.4 is 0 Å². The van der Waals surface area contributed by atoms with Crippen molar-refractivity contribution in [2.24, 2.45) is 0 Å². The molecule has 41 heavy (non-hydrogen) atoms. The molecule has 8 rings (SSSR count). The van der Waals surface area contributed by atoms with Crippen LogP contribution in [0.25, 0.3) is 71.3 Å². The van der Waals surface area contributed by atoms with Crippen LogP contribution in [0.1, 0.15) is 11.1 Å². The maximum absolute atomic E-state index is 2.38. The quantitative estimate of drug-likeness (QED) is 0.203. The summed E-state index contributed by atoms with van der Waals surface area (Å²) in [5.41, 5.74) is 11.4. The molecule has 1 heteroatoms. The first kappa shape index (κ1) is 23.7. The van der Waals surface area contributed by atoms with E-state index in [0.717, 1.165) is 0 Å². The molecular formula is C40H29N. The maximum Gasteiger partial charge on any atom is 0.0541 e. The third kappa shape index (κ3) is 3.63. The smallest absolute Gasteiger partial charge is 0.0541 e. The molecule has 0 N–H and O–H groups in total. The van der Waals surface area contributed by atoms with E-state index in [0.29, 0.717) is 0 Å². The van der Waals surface area contributed by atoms with E-state index >= 15 is 0 Å². The number of rotatable bonds is 3. The van der Waals surface area contributed by atoms with Gasteiger partial charge in [-0.15, -0.1) is 0 Å². The molecule has 0 amide bonds. The van der Waals surface area contributed by atoms with Crippen molar-refractivity contribution >= 4 is 43.4 Å². The molecule has 0 aliphatic heterocycles. The van der Waals surface area contributed by atoms with Crippen molar-refractivity contribution < 1.29 is 0 Å². The van der Waals surface area contributed by atoms with Gasteiger partial charge in [0, 0.05) is 16.5 Å². The molecule has 8 aromatic rings. The summed E-state index contributed by atoms with van der Waals surface area (Å²) in [5, 5.41) is 7.72. The first-order valence-corrected chi connectivity index (χ1v) is 14.3. The van der Waals surface area contributed by atoms with E-state index in [-0.39, 0.29) is 0 Å². The molecule has 0 saturated carbocycles. The number of para-hydroxylation sites is 2. The molecule has 0 fully saturated rings. The lowest BCUT2D eigenvalue weighted by molar-refractivity contribution is 1.18. The number of hydrogen-bond donors (Lipinski definition) is 0. The Morgan fingerprint density at radius 3 is 1.41 bits per heavy atom. The van der Waals surface area contributed by atoms with E-state index in [1.54, 1.807) is 0 Å². The molecule has 1 nitrogen and oxygen atoms in total. The fraction of sp³-hybridized carbons (Fsp3) is 0.0500. The third-order valence-corrected chi connectivity index (χ3v) is 8.59. The van der Waals surface area contributed by atoms with Crippen molar-refractivity contribution in [3.8, 4) is 27.9 Å². The van der Waals surface area contributed by atoms with Crippen LogP contribution >= 0.6 is 0 Å². The van der Waals surface area contributed by atoms with Crippen LogP contribution in [0.2, 0.25) is 0 Å². The molecule has 0 bridgehead atoms. The van der Waals surface area contributed by atoms with Gasteiger partial charge in [-0.05, 0) is 87.5 Å². The molecule has 0 aliphatic carbocycles. The van der Waals surface area contributed by atoms with Crippen molar-refractivity contribution in [3.05, 3.63) is 151 Å². The second-order valence-electron chi connectivity index (χ2n) is 11.1. The standard InChI is InChI=1S/C40H29N/c1-26-19-20-27(2)36(25-26)40-34-15-5-3-13-32(34)39(33-14-4-6-16-35(33)40)28-21-23-29(24-22-28)41-37-17-9-7-11-30(37)31-12-8-10-18-38(31)41/h3-25H,1-2H3. The van der Waals surface area contributed by atoms with Gasteiger partial charge in [-0.1, -0.05) is 121 Å². The zero-order valence-corrected chi connectivity index (χ0v) is 23.2. The highest BCUT2D eigenvalue weighted by Crippen LogP contribution is 2.44. The minimum atomic E-state index is 1.17. The molecule has 0 aliphatic rings. The molecule has 0 spiro atoms. The second-order valence-corrected chi connectivity index (χ2v) is 11.1. The van der Waals surface area contributed by atoms with Gasteiger partial charge < -0.3 is 4.57 Å². The minimum Gasteiger partial charge on any atom is -0.309 e.